The topological polar surface area (TPSA) is 81.9 Å². The maximum absolute atomic E-state index is 14.0. The smallest absolute Gasteiger partial charge is 0.290 e. The van der Waals surface area contributed by atoms with E-state index in [1.54, 1.807) is 25.1 Å². The van der Waals surface area contributed by atoms with Gasteiger partial charge in [0.05, 0.1) is 5.69 Å². The Hall–Kier alpha value is -2.94. The molecule has 0 spiro atoms. The Morgan fingerprint density at radius 1 is 1.16 bits per heavy atom. The largest absolute Gasteiger partial charge is 0.483 e. The molecule has 2 aromatic rings. The zero-order valence-electron chi connectivity index (χ0n) is 18.1. The van der Waals surface area contributed by atoms with Gasteiger partial charge in [-0.05, 0) is 25.0 Å². The number of benzene rings is 1. The minimum Gasteiger partial charge on any atom is -0.483 e. The van der Waals surface area contributed by atoms with Gasteiger partial charge in [-0.1, -0.05) is 12.1 Å². The van der Waals surface area contributed by atoms with Crippen LogP contribution in [0.25, 0.3) is 0 Å². The van der Waals surface area contributed by atoms with Gasteiger partial charge in [0, 0.05) is 65.5 Å². The van der Waals surface area contributed by atoms with Crippen molar-refractivity contribution < 1.29 is 19.1 Å². The lowest BCUT2D eigenvalue weighted by atomic mass is 10.0. The molecule has 9 heteroatoms. The maximum Gasteiger partial charge on any atom is 0.290 e. The Bertz CT molecular complexity index is 868. The van der Waals surface area contributed by atoms with Gasteiger partial charge in [-0.25, -0.2) is 9.37 Å². The number of carbonyl (C=O) groups excluding carboxylic acids is 1. The Kier molecular flexibility index (Phi) is 7.62. The third-order valence-corrected chi connectivity index (χ3v) is 5.91. The van der Waals surface area contributed by atoms with Crippen LogP contribution in [0.1, 0.15) is 29.2 Å². The highest BCUT2D eigenvalue weighted by Crippen LogP contribution is 2.25. The first kappa shape index (κ1) is 22.7. The predicted molar refractivity (Wildman–Crippen MR) is 116 cm³/mol. The van der Waals surface area contributed by atoms with Crippen molar-refractivity contribution in [3.05, 3.63) is 47.8 Å². The average Bonchev–Trinajstić information content (AvgIpc) is 3.07. The van der Waals surface area contributed by atoms with Crippen LogP contribution in [-0.4, -0.2) is 83.2 Å². The zero-order chi connectivity index (χ0) is 22.4. The number of imidazole rings is 1. The lowest BCUT2D eigenvalue weighted by Gasteiger charge is -2.39. The Labute approximate surface area is 181 Å². The molecule has 31 heavy (non-hydrogen) atoms. The lowest BCUT2D eigenvalue weighted by molar-refractivity contribution is -0.122. The number of piperidine rings is 1. The molecule has 8 nitrogen and oxygen atoms in total. The molecule has 1 fully saturated rings. The Morgan fingerprint density at radius 3 is 2.48 bits per heavy atom. The Morgan fingerprint density at radius 2 is 1.84 bits per heavy atom. The van der Waals surface area contributed by atoms with Crippen LogP contribution in [0.2, 0.25) is 0 Å². The van der Waals surface area contributed by atoms with Crippen molar-refractivity contribution in [1.82, 2.24) is 19.4 Å². The van der Waals surface area contributed by atoms with E-state index < -0.39 is 0 Å². The van der Waals surface area contributed by atoms with Crippen LogP contribution in [0.5, 0.6) is 0 Å². The zero-order valence-corrected chi connectivity index (χ0v) is 18.1. The molecule has 1 aromatic carbocycles. The van der Waals surface area contributed by atoms with Gasteiger partial charge in [0.25, 0.3) is 12.4 Å². The minimum atomic E-state index is -0.250. The van der Waals surface area contributed by atoms with Crippen LogP contribution < -0.4 is 4.90 Å². The maximum atomic E-state index is 14.0. The summed E-state index contributed by atoms with van der Waals surface area (Å²) in [5.74, 6) is 0.818. The van der Waals surface area contributed by atoms with E-state index in [2.05, 4.69) is 19.4 Å². The number of nitrogens with zero attached hydrogens (tertiary/aromatic N) is 5. The fourth-order valence-electron chi connectivity index (χ4n) is 4.32. The molecule has 0 aliphatic carbocycles. The highest BCUT2D eigenvalue weighted by molar-refractivity contribution is 5.91. The number of amides is 1. The van der Waals surface area contributed by atoms with Gasteiger partial charge in [0.15, 0.2) is 0 Å². The Balaban J connectivity index is 0.000000858. The number of anilines is 1. The monoisotopic (exact) mass is 431 g/mol. The summed E-state index contributed by atoms with van der Waals surface area (Å²) in [5, 5.41) is 6.89. The molecular formula is C22H30FN5O3. The second-order valence-electron chi connectivity index (χ2n) is 8.00. The van der Waals surface area contributed by atoms with Crippen LogP contribution in [0.3, 0.4) is 0 Å². The molecule has 0 bridgehead atoms. The van der Waals surface area contributed by atoms with Crippen molar-refractivity contribution in [3.8, 4) is 0 Å². The summed E-state index contributed by atoms with van der Waals surface area (Å²) in [6, 6.07) is 7.57. The van der Waals surface area contributed by atoms with E-state index in [1.807, 2.05) is 18.3 Å². The van der Waals surface area contributed by atoms with Gasteiger partial charge >= 0.3 is 0 Å². The van der Waals surface area contributed by atoms with E-state index >= 15 is 0 Å². The minimum absolute atomic E-state index is 0.0436. The number of hydrogen-bond donors (Lipinski definition) is 1. The van der Waals surface area contributed by atoms with Gasteiger partial charge in [-0.2, -0.15) is 0 Å². The second-order valence-corrected chi connectivity index (χ2v) is 8.00. The molecule has 2 aliphatic rings. The molecule has 4 rings (SSSR count). The van der Waals surface area contributed by atoms with Crippen LogP contribution in [-0.2, 0) is 17.8 Å². The van der Waals surface area contributed by atoms with E-state index in [4.69, 9.17) is 9.90 Å². The fourth-order valence-corrected chi connectivity index (χ4v) is 4.32. The van der Waals surface area contributed by atoms with Crippen molar-refractivity contribution in [3.63, 3.8) is 0 Å². The van der Waals surface area contributed by atoms with E-state index in [0.29, 0.717) is 11.7 Å². The van der Waals surface area contributed by atoms with Crippen LogP contribution in [0, 0.1) is 5.82 Å². The highest BCUT2D eigenvalue weighted by atomic mass is 19.1. The SMILES string of the molecule is CN(C)C(=O)c1cn2c(n1)CCN(C1CCN(c3ccccc3F)CC1)CC2.O=CO. The average molecular weight is 432 g/mol. The van der Waals surface area contributed by atoms with E-state index in [0.717, 1.165) is 63.5 Å². The molecule has 0 radical (unpaired) electrons. The number of hydrogen-bond acceptors (Lipinski definition) is 5. The summed E-state index contributed by atoms with van der Waals surface area (Å²) >= 11 is 0. The molecule has 0 unspecified atom stereocenters. The number of fused-ring (bicyclic) bond motifs is 1. The quantitative estimate of drug-likeness (QED) is 0.749. The second kappa shape index (κ2) is 10.4. The molecule has 1 amide bonds. The van der Waals surface area contributed by atoms with Gasteiger partial charge in [0.1, 0.15) is 17.3 Å². The summed E-state index contributed by atoms with van der Waals surface area (Å²) in [6.07, 6.45) is 4.83. The number of rotatable bonds is 3. The normalized spacial score (nSPS) is 17.2. The molecule has 168 valence electrons. The number of carbonyl (C=O) groups is 2. The molecule has 1 saturated heterocycles. The van der Waals surface area contributed by atoms with Crippen molar-refractivity contribution in [2.75, 3.05) is 45.2 Å². The molecule has 0 atom stereocenters. The molecular weight excluding hydrogens is 401 g/mol. The van der Waals surface area contributed by atoms with Crippen LogP contribution in [0.4, 0.5) is 10.1 Å². The molecule has 2 aliphatic heterocycles. The van der Waals surface area contributed by atoms with Gasteiger partial charge in [-0.15, -0.1) is 0 Å². The standard InChI is InChI=1S/C21H28FN5O.CH2O2/c1-24(2)21(28)18-15-27-14-13-25(12-9-20(27)23-18)16-7-10-26(11-8-16)19-6-4-3-5-17(19)22;2-1-3/h3-6,15-16H,7-14H2,1-2H3;1H,(H,2,3). The summed E-state index contributed by atoms with van der Waals surface area (Å²) in [6.45, 7) is 4.29. The van der Waals surface area contributed by atoms with Crippen molar-refractivity contribution in [2.24, 2.45) is 0 Å². The van der Waals surface area contributed by atoms with E-state index in [1.165, 1.54) is 6.07 Å². The van der Waals surface area contributed by atoms with Crippen molar-refractivity contribution in [1.29, 1.82) is 0 Å². The van der Waals surface area contributed by atoms with Gasteiger partial charge in [0.2, 0.25) is 0 Å². The molecule has 1 N–H and O–H groups in total. The molecule has 0 saturated carbocycles. The number of aromatic nitrogens is 2. The first-order valence-corrected chi connectivity index (χ1v) is 10.5. The van der Waals surface area contributed by atoms with Crippen LogP contribution in [0.15, 0.2) is 30.5 Å². The summed E-state index contributed by atoms with van der Waals surface area (Å²) < 4.78 is 16.2. The third kappa shape index (κ3) is 5.41. The lowest BCUT2D eigenvalue weighted by Crippen LogP contribution is -2.46. The van der Waals surface area contributed by atoms with Crippen LogP contribution >= 0.6 is 0 Å². The summed E-state index contributed by atoms with van der Waals surface area (Å²) in [5.41, 5.74) is 1.25. The molecule has 1 aromatic heterocycles. The number of para-hydroxylation sites is 1. The summed E-state index contributed by atoms with van der Waals surface area (Å²) in [7, 11) is 3.50. The first-order chi connectivity index (χ1) is 14.9. The van der Waals surface area contributed by atoms with Gasteiger partial charge in [-0.3, -0.25) is 14.5 Å². The number of halogens is 1. The molecule has 3 heterocycles. The number of carboxylic acid groups (broad SMARTS) is 1. The highest BCUT2D eigenvalue weighted by Gasteiger charge is 2.28. The fraction of sp³-hybridized carbons (Fsp3) is 0.500. The van der Waals surface area contributed by atoms with Gasteiger partial charge < -0.3 is 19.5 Å². The van der Waals surface area contributed by atoms with E-state index in [-0.39, 0.29) is 18.2 Å². The summed E-state index contributed by atoms with van der Waals surface area (Å²) in [4.78, 5) is 31.3. The van der Waals surface area contributed by atoms with Crippen molar-refractivity contribution >= 4 is 18.1 Å². The third-order valence-electron chi connectivity index (χ3n) is 5.91. The van der Waals surface area contributed by atoms with E-state index in [9.17, 15) is 9.18 Å². The predicted octanol–water partition coefficient (Wildman–Crippen LogP) is 1.95. The van der Waals surface area contributed by atoms with Crippen molar-refractivity contribution in [2.45, 2.75) is 31.8 Å². The first-order valence-electron chi connectivity index (χ1n) is 10.5.